The van der Waals surface area contributed by atoms with Crippen molar-refractivity contribution >= 4 is 17.3 Å². The van der Waals surface area contributed by atoms with Crippen molar-refractivity contribution in [3.8, 4) is 0 Å². The van der Waals surface area contributed by atoms with E-state index >= 15 is 0 Å². The number of aliphatic carboxylic acids is 1. The van der Waals surface area contributed by atoms with Crippen LogP contribution in [0.1, 0.15) is 12.8 Å². The molecular weight excluding hydrogens is 216 g/mol. The maximum atomic E-state index is 11.1. The summed E-state index contributed by atoms with van der Waals surface area (Å²) in [5.41, 5.74) is 2.13. The van der Waals surface area contributed by atoms with Crippen LogP contribution in [0.3, 0.4) is 0 Å². The first-order valence-corrected chi connectivity index (χ1v) is 5.86. The highest BCUT2D eigenvalue weighted by atomic mass is 16.4. The van der Waals surface area contributed by atoms with E-state index in [9.17, 15) is 4.79 Å². The Labute approximate surface area is 101 Å². The number of anilines is 2. The monoisotopic (exact) mass is 234 g/mol. The van der Waals surface area contributed by atoms with Crippen molar-refractivity contribution in [1.29, 1.82) is 0 Å². The molecule has 1 aliphatic rings. The Balaban J connectivity index is 2.19. The van der Waals surface area contributed by atoms with Gasteiger partial charge in [0.1, 0.15) is 6.04 Å². The van der Waals surface area contributed by atoms with Crippen molar-refractivity contribution in [2.45, 2.75) is 18.9 Å². The Kier molecular flexibility index (Phi) is 3.22. The largest absolute Gasteiger partial charge is 0.480 e. The van der Waals surface area contributed by atoms with Crippen LogP contribution in [0, 0.1) is 0 Å². The smallest absolute Gasteiger partial charge is 0.326 e. The lowest BCUT2D eigenvalue weighted by molar-refractivity contribution is -0.138. The highest BCUT2D eigenvalue weighted by Crippen LogP contribution is 2.27. The lowest BCUT2D eigenvalue weighted by atomic mass is 10.2. The van der Waals surface area contributed by atoms with Crippen LogP contribution in [0.4, 0.5) is 11.4 Å². The van der Waals surface area contributed by atoms with Gasteiger partial charge in [-0.15, -0.1) is 0 Å². The third-order valence-corrected chi connectivity index (χ3v) is 3.24. The molecule has 1 unspecified atom stereocenters. The minimum atomic E-state index is -0.723. The molecule has 0 saturated carbocycles. The quantitative estimate of drug-likeness (QED) is 0.866. The highest BCUT2D eigenvalue weighted by Gasteiger charge is 2.30. The molecule has 0 aliphatic carbocycles. The van der Waals surface area contributed by atoms with E-state index in [2.05, 4.69) is 0 Å². The summed E-state index contributed by atoms with van der Waals surface area (Å²) in [7, 11) is 3.98. The molecule has 17 heavy (non-hydrogen) atoms. The zero-order valence-corrected chi connectivity index (χ0v) is 10.3. The first-order valence-electron chi connectivity index (χ1n) is 5.86. The molecule has 0 radical (unpaired) electrons. The van der Waals surface area contributed by atoms with Gasteiger partial charge in [-0.3, -0.25) is 0 Å². The average molecular weight is 234 g/mol. The second-order valence-electron chi connectivity index (χ2n) is 4.60. The van der Waals surface area contributed by atoms with Crippen molar-refractivity contribution in [2.24, 2.45) is 0 Å². The Bertz CT molecular complexity index is 400. The van der Waals surface area contributed by atoms with E-state index in [0.29, 0.717) is 0 Å². The van der Waals surface area contributed by atoms with Crippen LogP contribution < -0.4 is 9.80 Å². The Hall–Kier alpha value is -1.71. The minimum absolute atomic E-state index is 0.361. The molecular formula is C13H18N2O2. The summed E-state index contributed by atoms with van der Waals surface area (Å²) < 4.78 is 0. The molecule has 0 spiro atoms. The molecule has 0 bridgehead atoms. The maximum Gasteiger partial charge on any atom is 0.326 e. The van der Waals surface area contributed by atoms with Gasteiger partial charge in [-0.25, -0.2) is 4.79 Å². The molecule has 4 nitrogen and oxygen atoms in total. The number of hydrogen-bond acceptors (Lipinski definition) is 3. The van der Waals surface area contributed by atoms with Gasteiger partial charge in [0.05, 0.1) is 0 Å². The molecule has 1 heterocycles. The van der Waals surface area contributed by atoms with E-state index in [1.807, 2.05) is 48.2 Å². The number of carboxylic acids is 1. The minimum Gasteiger partial charge on any atom is -0.480 e. The van der Waals surface area contributed by atoms with Gasteiger partial charge in [-0.2, -0.15) is 0 Å². The molecule has 1 aromatic rings. The zero-order valence-electron chi connectivity index (χ0n) is 10.3. The number of nitrogens with zero attached hydrogens (tertiary/aromatic N) is 2. The molecule has 1 fully saturated rings. The third kappa shape index (κ3) is 2.35. The van der Waals surface area contributed by atoms with Crippen molar-refractivity contribution in [3.63, 3.8) is 0 Å². The summed E-state index contributed by atoms with van der Waals surface area (Å²) in [6.07, 6.45) is 1.69. The highest BCUT2D eigenvalue weighted by molar-refractivity contribution is 5.79. The lowest BCUT2D eigenvalue weighted by Gasteiger charge is -2.24. The van der Waals surface area contributed by atoms with Crippen molar-refractivity contribution < 1.29 is 9.90 Å². The SMILES string of the molecule is CN(C)c1ccc(N2CCCC2C(=O)O)cc1. The molecule has 1 saturated heterocycles. The summed E-state index contributed by atoms with van der Waals surface area (Å²) in [5.74, 6) is -0.723. The van der Waals surface area contributed by atoms with E-state index in [0.717, 1.165) is 30.8 Å². The Morgan fingerprint density at radius 3 is 2.53 bits per heavy atom. The van der Waals surface area contributed by atoms with E-state index in [1.165, 1.54) is 0 Å². The van der Waals surface area contributed by atoms with Gasteiger partial charge < -0.3 is 14.9 Å². The van der Waals surface area contributed by atoms with Crippen LogP contribution in [0.5, 0.6) is 0 Å². The number of rotatable bonds is 3. The van der Waals surface area contributed by atoms with Crippen molar-refractivity contribution in [1.82, 2.24) is 0 Å². The third-order valence-electron chi connectivity index (χ3n) is 3.24. The molecule has 0 amide bonds. The molecule has 4 heteroatoms. The summed E-state index contributed by atoms with van der Waals surface area (Å²) in [6.45, 7) is 0.832. The zero-order chi connectivity index (χ0) is 12.4. The molecule has 1 aromatic carbocycles. The summed E-state index contributed by atoms with van der Waals surface area (Å²) in [5, 5.41) is 9.14. The molecule has 1 atom stereocenters. The Morgan fingerprint density at radius 1 is 1.35 bits per heavy atom. The summed E-state index contributed by atoms with van der Waals surface area (Å²) in [4.78, 5) is 15.1. The van der Waals surface area contributed by atoms with E-state index in [4.69, 9.17) is 5.11 Å². The van der Waals surface area contributed by atoms with Crippen LogP contribution >= 0.6 is 0 Å². The van der Waals surface area contributed by atoms with Gasteiger partial charge in [0.2, 0.25) is 0 Å². The maximum absolute atomic E-state index is 11.1. The second-order valence-corrected chi connectivity index (χ2v) is 4.60. The van der Waals surface area contributed by atoms with E-state index in [1.54, 1.807) is 0 Å². The topological polar surface area (TPSA) is 43.8 Å². The van der Waals surface area contributed by atoms with Gasteiger partial charge in [0.25, 0.3) is 0 Å². The Morgan fingerprint density at radius 2 is 2.00 bits per heavy atom. The van der Waals surface area contributed by atoms with Crippen LogP contribution in [-0.4, -0.2) is 37.8 Å². The van der Waals surface area contributed by atoms with Gasteiger partial charge in [-0.1, -0.05) is 0 Å². The second kappa shape index (κ2) is 4.65. The molecule has 0 aromatic heterocycles. The van der Waals surface area contributed by atoms with Gasteiger partial charge in [0.15, 0.2) is 0 Å². The fourth-order valence-corrected chi connectivity index (χ4v) is 2.27. The summed E-state index contributed by atoms with van der Waals surface area (Å²) >= 11 is 0. The fourth-order valence-electron chi connectivity index (χ4n) is 2.27. The van der Waals surface area contributed by atoms with Gasteiger partial charge >= 0.3 is 5.97 Å². The predicted molar refractivity (Wildman–Crippen MR) is 68.8 cm³/mol. The standard InChI is InChI=1S/C13H18N2O2/c1-14(2)10-5-7-11(8-6-10)15-9-3-4-12(15)13(16)17/h5-8,12H,3-4,9H2,1-2H3,(H,16,17). The number of benzene rings is 1. The average Bonchev–Trinajstić information content (AvgIpc) is 2.78. The van der Waals surface area contributed by atoms with Gasteiger partial charge in [0, 0.05) is 32.0 Å². The predicted octanol–water partition coefficient (Wildman–Crippen LogP) is 1.81. The number of carbonyl (C=O) groups is 1. The summed E-state index contributed by atoms with van der Waals surface area (Å²) in [6, 6.07) is 7.67. The molecule has 2 rings (SSSR count). The van der Waals surface area contributed by atoms with Crippen molar-refractivity contribution in [2.75, 3.05) is 30.4 Å². The number of hydrogen-bond donors (Lipinski definition) is 1. The van der Waals surface area contributed by atoms with E-state index in [-0.39, 0.29) is 6.04 Å². The van der Waals surface area contributed by atoms with Crippen LogP contribution in [-0.2, 0) is 4.79 Å². The normalized spacial score (nSPS) is 19.4. The van der Waals surface area contributed by atoms with Crippen molar-refractivity contribution in [3.05, 3.63) is 24.3 Å². The molecule has 1 aliphatic heterocycles. The number of carboxylic acid groups (broad SMARTS) is 1. The first kappa shape index (κ1) is 11.8. The van der Waals surface area contributed by atoms with Crippen LogP contribution in [0.15, 0.2) is 24.3 Å². The van der Waals surface area contributed by atoms with Crippen LogP contribution in [0.25, 0.3) is 0 Å². The fraction of sp³-hybridized carbons (Fsp3) is 0.462. The molecule has 1 N–H and O–H groups in total. The lowest BCUT2D eigenvalue weighted by Crippen LogP contribution is -2.35. The first-order chi connectivity index (χ1) is 8.09. The van der Waals surface area contributed by atoms with Gasteiger partial charge in [-0.05, 0) is 37.1 Å². The molecule has 92 valence electrons. The van der Waals surface area contributed by atoms with E-state index < -0.39 is 5.97 Å². The van der Waals surface area contributed by atoms with Crippen LogP contribution in [0.2, 0.25) is 0 Å².